The summed E-state index contributed by atoms with van der Waals surface area (Å²) in [4.78, 5) is 16.9. The minimum absolute atomic E-state index is 0.0438. The molecule has 0 spiro atoms. The van der Waals surface area contributed by atoms with Gasteiger partial charge < -0.3 is 10.0 Å². The molecule has 2 amide bonds. The quantitative estimate of drug-likeness (QED) is 0.881. The lowest BCUT2D eigenvalue weighted by Crippen LogP contribution is -2.58. The molecule has 116 valence electrons. The maximum absolute atomic E-state index is 12.5. The summed E-state index contributed by atoms with van der Waals surface area (Å²) in [6, 6.07) is 1.09. The number of rotatable bonds is 2. The zero-order valence-corrected chi connectivity index (χ0v) is 11.6. The van der Waals surface area contributed by atoms with Gasteiger partial charge in [-0.25, -0.2) is 9.78 Å². The molecular weight excluding hydrogens is 287 g/mol. The van der Waals surface area contributed by atoms with Gasteiger partial charge in [-0.15, -0.1) is 0 Å². The van der Waals surface area contributed by atoms with Crippen LogP contribution in [-0.4, -0.2) is 39.7 Å². The van der Waals surface area contributed by atoms with Crippen LogP contribution < -0.4 is 5.32 Å². The van der Waals surface area contributed by atoms with E-state index in [1.54, 1.807) is 13.8 Å². The highest BCUT2D eigenvalue weighted by atomic mass is 19.4. The minimum atomic E-state index is -4.48. The summed E-state index contributed by atoms with van der Waals surface area (Å²) in [7, 11) is 0. The normalized spacial score (nSPS) is 16.6. The number of alkyl halides is 3. The molecule has 0 aromatic carbocycles. The van der Waals surface area contributed by atoms with Crippen LogP contribution in [-0.2, 0) is 6.18 Å². The van der Waals surface area contributed by atoms with Gasteiger partial charge in [0.2, 0.25) is 0 Å². The molecular formula is C13H16F3N3O2. The van der Waals surface area contributed by atoms with Crippen LogP contribution in [0.2, 0.25) is 0 Å². The molecule has 2 rings (SSSR count). The molecule has 5 nitrogen and oxygen atoms in total. The van der Waals surface area contributed by atoms with Gasteiger partial charge in [0.25, 0.3) is 0 Å². The van der Waals surface area contributed by atoms with Crippen molar-refractivity contribution in [3.8, 4) is 0 Å². The van der Waals surface area contributed by atoms with Crippen LogP contribution in [0, 0.1) is 5.92 Å². The van der Waals surface area contributed by atoms with E-state index in [2.05, 4.69) is 10.3 Å². The number of nitrogens with zero attached hydrogens (tertiary/aromatic N) is 2. The van der Waals surface area contributed by atoms with Gasteiger partial charge in [0.05, 0.1) is 11.2 Å². The molecule has 0 radical (unpaired) electrons. The van der Waals surface area contributed by atoms with Gasteiger partial charge in [-0.1, -0.05) is 0 Å². The minimum Gasteiger partial charge on any atom is -0.390 e. The first-order valence-corrected chi connectivity index (χ1v) is 6.39. The van der Waals surface area contributed by atoms with Crippen LogP contribution in [0.3, 0.4) is 0 Å². The fourth-order valence-corrected chi connectivity index (χ4v) is 1.96. The number of urea groups is 1. The van der Waals surface area contributed by atoms with Crippen LogP contribution in [0.1, 0.15) is 19.4 Å². The van der Waals surface area contributed by atoms with E-state index in [0.717, 1.165) is 18.3 Å². The van der Waals surface area contributed by atoms with E-state index in [4.69, 9.17) is 0 Å². The largest absolute Gasteiger partial charge is 0.416 e. The highest BCUT2D eigenvalue weighted by Gasteiger charge is 2.40. The maximum atomic E-state index is 12.5. The van der Waals surface area contributed by atoms with Gasteiger partial charge in [-0.2, -0.15) is 13.2 Å². The van der Waals surface area contributed by atoms with E-state index in [-0.39, 0.29) is 11.7 Å². The molecule has 1 aromatic rings. The number of hydrogen-bond acceptors (Lipinski definition) is 3. The number of aromatic nitrogens is 1. The summed E-state index contributed by atoms with van der Waals surface area (Å²) in [5, 5.41) is 12.1. The smallest absolute Gasteiger partial charge is 0.390 e. The SMILES string of the molecule is CC(C)(O)C1CN(C(=O)Nc2cc(C(F)(F)F)ccn2)C1. The number of carbonyl (C=O) groups excluding carboxylic acids is 1. The van der Waals surface area contributed by atoms with Gasteiger partial charge in [-0.05, 0) is 26.0 Å². The number of pyridine rings is 1. The zero-order valence-electron chi connectivity index (χ0n) is 11.6. The lowest BCUT2D eigenvalue weighted by molar-refractivity contribution is -0.137. The van der Waals surface area contributed by atoms with Gasteiger partial charge in [-0.3, -0.25) is 5.32 Å². The summed E-state index contributed by atoms with van der Waals surface area (Å²) >= 11 is 0. The monoisotopic (exact) mass is 303 g/mol. The molecule has 0 aliphatic carbocycles. The van der Waals surface area contributed by atoms with Crippen molar-refractivity contribution in [1.29, 1.82) is 0 Å². The van der Waals surface area contributed by atoms with Crippen molar-refractivity contribution in [3.05, 3.63) is 23.9 Å². The number of halogens is 3. The Kier molecular flexibility index (Phi) is 3.83. The first kappa shape index (κ1) is 15.6. The third-order valence-corrected chi connectivity index (χ3v) is 3.49. The Labute approximate surface area is 119 Å². The number of carbonyl (C=O) groups is 1. The van der Waals surface area contributed by atoms with Crippen molar-refractivity contribution < 1.29 is 23.1 Å². The molecule has 1 aromatic heterocycles. The average Bonchev–Trinajstić information content (AvgIpc) is 2.23. The molecule has 0 bridgehead atoms. The number of hydrogen-bond donors (Lipinski definition) is 2. The highest BCUT2D eigenvalue weighted by Crippen LogP contribution is 2.30. The van der Waals surface area contributed by atoms with E-state index in [1.165, 1.54) is 4.90 Å². The van der Waals surface area contributed by atoms with Crippen LogP contribution in [0.15, 0.2) is 18.3 Å². The number of anilines is 1. The third-order valence-electron chi connectivity index (χ3n) is 3.49. The second-order valence-electron chi connectivity index (χ2n) is 5.61. The van der Waals surface area contributed by atoms with Crippen LogP contribution in [0.4, 0.5) is 23.8 Å². The van der Waals surface area contributed by atoms with Crippen molar-refractivity contribution in [2.75, 3.05) is 18.4 Å². The standard InChI is InChI=1S/C13H16F3N3O2/c1-12(2,21)9-6-19(7-9)11(20)18-10-5-8(3-4-17-10)13(14,15)16/h3-5,9,21H,6-7H2,1-2H3,(H,17,18,20). The fraction of sp³-hybridized carbons (Fsp3) is 0.538. The number of nitrogens with one attached hydrogen (secondary N) is 1. The first-order valence-electron chi connectivity index (χ1n) is 6.39. The Hall–Kier alpha value is -1.83. The molecule has 2 N–H and O–H groups in total. The molecule has 2 heterocycles. The van der Waals surface area contributed by atoms with Gasteiger partial charge >= 0.3 is 12.2 Å². The summed E-state index contributed by atoms with van der Waals surface area (Å²) in [5.41, 5.74) is -1.75. The summed E-state index contributed by atoms with van der Waals surface area (Å²) < 4.78 is 37.6. The first-order chi connectivity index (χ1) is 9.57. The van der Waals surface area contributed by atoms with E-state index >= 15 is 0 Å². The van der Waals surface area contributed by atoms with Crippen LogP contribution >= 0.6 is 0 Å². The summed E-state index contributed by atoms with van der Waals surface area (Å²) in [6.07, 6.45) is -3.49. The van der Waals surface area contributed by atoms with Gasteiger partial charge in [0.15, 0.2) is 0 Å². The molecule has 0 unspecified atom stereocenters. The Morgan fingerprint density at radius 1 is 1.43 bits per heavy atom. The molecule has 1 fully saturated rings. The molecule has 8 heteroatoms. The highest BCUT2D eigenvalue weighted by molar-refractivity contribution is 5.88. The Balaban J connectivity index is 1.96. The molecule has 21 heavy (non-hydrogen) atoms. The molecule has 0 atom stereocenters. The zero-order chi connectivity index (χ0) is 15.8. The van der Waals surface area contributed by atoms with E-state index in [0.29, 0.717) is 13.1 Å². The van der Waals surface area contributed by atoms with Crippen molar-refractivity contribution in [3.63, 3.8) is 0 Å². The Morgan fingerprint density at radius 2 is 2.05 bits per heavy atom. The van der Waals surface area contributed by atoms with Crippen molar-refractivity contribution in [2.45, 2.75) is 25.6 Å². The lowest BCUT2D eigenvalue weighted by Gasteiger charge is -2.44. The molecule has 1 saturated heterocycles. The van der Waals surface area contributed by atoms with Crippen LogP contribution in [0.5, 0.6) is 0 Å². The summed E-state index contributed by atoms with van der Waals surface area (Å²) in [5.74, 6) is -0.195. The average molecular weight is 303 g/mol. The third kappa shape index (κ3) is 3.63. The van der Waals surface area contributed by atoms with Gasteiger partial charge in [0.1, 0.15) is 5.82 Å². The van der Waals surface area contributed by atoms with Gasteiger partial charge in [0, 0.05) is 25.2 Å². The number of amides is 2. The predicted octanol–water partition coefficient (Wildman–Crippen LogP) is 2.33. The molecule has 1 aliphatic rings. The second-order valence-corrected chi connectivity index (χ2v) is 5.61. The lowest BCUT2D eigenvalue weighted by atomic mass is 9.85. The maximum Gasteiger partial charge on any atom is 0.416 e. The van der Waals surface area contributed by atoms with E-state index in [1.807, 2.05) is 0 Å². The number of aliphatic hydroxyl groups is 1. The van der Waals surface area contributed by atoms with Crippen molar-refractivity contribution >= 4 is 11.8 Å². The van der Waals surface area contributed by atoms with E-state index in [9.17, 15) is 23.1 Å². The Morgan fingerprint density at radius 3 is 2.57 bits per heavy atom. The second kappa shape index (κ2) is 5.18. The molecule has 1 aliphatic heterocycles. The number of likely N-dealkylation sites (tertiary alicyclic amines) is 1. The van der Waals surface area contributed by atoms with Crippen molar-refractivity contribution in [1.82, 2.24) is 9.88 Å². The molecule has 0 saturated carbocycles. The predicted molar refractivity (Wildman–Crippen MR) is 69.6 cm³/mol. The Bertz CT molecular complexity index is 534. The van der Waals surface area contributed by atoms with E-state index < -0.39 is 23.4 Å². The summed E-state index contributed by atoms with van der Waals surface area (Å²) in [6.45, 7) is 4.02. The topological polar surface area (TPSA) is 65.5 Å². The fourth-order valence-electron chi connectivity index (χ4n) is 1.96. The van der Waals surface area contributed by atoms with Crippen LogP contribution in [0.25, 0.3) is 0 Å². The van der Waals surface area contributed by atoms with Crippen molar-refractivity contribution in [2.24, 2.45) is 5.92 Å².